The van der Waals surface area contributed by atoms with Crippen molar-refractivity contribution < 1.29 is 29.2 Å². The molecule has 0 saturated carbocycles. The van der Waals surface area contributed by atoms with Gasteiger partial charge in [-0.1, -0.05) is 60.7 Å². The average Bonchev–Trinajstić information content (AvgIpc) is 2.81. The van der Waals surface area contributed by atoms with Crippen LogP contribution in [0.15, 0.2) is 60.7 Å². The van der Waals surface area contributed by atoms with E-state index in [1.54, 1.807) is 0 Å². The van der Waals surface area contributed by atoms with Gasteiger partial charge >= 0.3 is 0 Å². The molecule has 0 aromatic heterocycles. The summed E-state index contributed by atoms with van der Waals surface area (Å²) in [5.74, 6) is 0. The number of hydrogen-bond donors (Lipinski definition) is 2. The Morgan fingerprint density at radius 2 is 0.833 bits per heavy atom. The van der Waals surface area contributed by atoms with Gasteiger partial charge < -0.3 is 29.2 Å². The lowest BCUT2D eigenvalue weighted by molar-refractivity contribution is -0.0645. The molecule has 1 aliphatic rings. The predicted octanol–water partition coefficient (Wildman–Crippen LogP) is 1.93. The van der Waals surface area contributed by atoms with Crippen molar-refractivity contribution in [3.05, 3.63) is 71.8 Å². The normalized spacial score (nSPS) is 27.3. The topological polar surface area (TPSA) is 77.4 Å². The van der Waals surface area contributed by atoms with Crippen LogP contribution >= 0.6 is 0 Å². The van der Waals surface area contributed by atoms with Crippen molar-refractivity contribution in [2.24, 2.45) is 0 Å². The SMILES string of the molecule is OCC1(c2ccccc2)COCCOCC(CO)(c2ccccc2)COCCOC1. The van der Waals surface area contributed by atoms with E-state index in [0.29, 0.717) is 52.9 Å². The van der Waals surface area contributed by atoms with Crippen LogP contribution in [-0.4, -0.2) is 76.3 Å². The van der Waals surface area contributed by atoms with E-state index in [1.807, 2.05) is 60.7 Å². The molecular weight excluding hydrogens is 384 g/mol. The lowest BCUT2D eigenvalue weighted by Gasteiger charge is -2.34. The lowest BCUT2D eigenvalue weighted by Crippen LogP contribution is -2.43. The molecule has 0 amide bonds. The van der Waals surface area contributed by atoms with Crippen LogP contribution in [0, 0.1) is 0 Å². The Morgan fingerprint density at radius 1 is 0.533 bits per heavy atom. The van der Waals surface area contributed by atoms with Crippen LogP contribution in [0.5, 0.6) is 0 Å². The number of hydrogen-bond acceptors (Lipinski definition) is 6. The van der Waals surface area contributed by atoms with E-state index in [-0.39, 0.29) is 13.2 Å². The summed E-state index contributed by atoms with van der Waals surface area (Å²) in [5.41, 5.74) is 0.684. The monoisotopic (exact) mass is 416 g/mol. The zero-order valence-electron chi connectivity index (χ0n) is 17.4. The van der Waals surface area contributed by atoms with E-state index in [1.165, 1.54) is 0 Å². The van der Waals surface area contributed by atoms with Crippen molar-refractivity contribution in [3.63, 3.8) is 0 Å². The van der Waals surface area contributed by atoms with Crippen molar-refractivity contribution in [1.29, 1.82) is 0 Å². The van der Waals surface area contributed by atoms with Gasteiger partial charge in [-0.05, 0) is 11.1 Å². The first-order valence-electron chi connectivity index (χ1n) is 10.4. The van der Waals surface area contributed by atoms with Crippen LogP contribution in [0.3, 0.4) is 0 Å². The molecule has 1 aliphatic heterocycles. The van der Waals surface area contributed by atoms with Crippen molar-refractivity contribution >= 4 is 0 Å². The Balaban J connectivity index is 1.69. The highest BCUT2D eigenvalue weighted by molar-refractivity contribution is 5.27. The summed E-state index contributed by atoms with van der Waals surface area (Å²) in [7, 11) is 0. The van der Waals surface area contributed by atoms with Gasteiger partial charge in [0.1, 0.15) is 0 Å². The van der Waals surface area contributed by atoms with E-state index >= 15 is 0 Å². The third-order valence-electron chi connectivity index (χ3n) is 5.64. The van der Waals surface area contributed by atoms with Crippen LogP contribution < -0.4 is 0 Å². The largest absolute Gasteiger partial charge is 0.395 e. The molecule has 164 valence electrons. The minimum Gasteiger partial charge on any atom is -0.395 e. The average molecular weight is 417 g/mol. The van der Waals surface area contributed by atoms with Gasteiger partial charge in [-0.25, -0.2) is 0 Å². The molecular formula is C24H32O6. The molecule has 0 atom stereocenters. The molecule has 0 bridgehead atoms. The molecule has 0 unspecified atom stereocenters. The number of rotatable bonds is 4. The minimum absolute atomic E-state index is 0.0830. The van der Waals surface area contributed by atoms with E-state index < -0.39 is 10.8 Å². The maximum absolute atomic E-state index is 10.2. The maximum atomic E-state index is 10.2. The molecule has 0 aliphatic carbocycles. The van der Waals surface area contributed by atoms with E-state index in [2.05, 4.69) is 0 Å². The smallest absolute Gasteiger partial charge is 0.0700 e. The van der Waals surface area contributed by atoms with Crippen LogP contribution in [-0.2, 0) is 29.8 Å². The van der Waals surface area contributed by atoms with Crippen molar-refractivity contribution in [1.82, 2.24) is 0 Å². The van der Waals surface area contributed by atoms with Gasteiger partial charge in [-0.15, -0.1) is 0 Å². The molecule has 1 fully saturated rings. The quantitative estimate of drug-likeness (QED) is 0.793. The van der Waals surface area contributed by atoms with Gasteiger partial charge in [0.15, 0.2) is 0 Å². The summed E-state index contributed by atoms with van der Waals surface area (Å²) >= 11 is 0. The molecule has 2 aromatic carbocycles. The Bertz CT molecular complexity index is 641. The summed E-state index contributed by atoms with van der Waals surface area (Å²) in [6.07, 6.45) is 0. The summed E-state index contributed by atoms with van der Waals surface area (Å²) in [4.78, 5) is 0. The van der Waals surface area contributed by atoms with Crippen LogP contribution in [0.1, 0.15) is 11.1 Å². The highest BCUT2D eigenvalue weighted by atomic mass is 16.5. The molecule has 0 radical (unpaired) electrons. The molecule has 3 rings (SSSR count). The van der Waals surface area contributed by atoms with Gasteiger partial charge in [-0.3, -0.25) is 0 Å². The van der Waals surface area contributed by atoms with Gasteiger partial charge in [0.05, 0.1) is 76.9 Å². The van der Waals surface area contributed by atoms with Gasteiger partial charge in [-0.2, -0.15) is 0 Å². The van der Waals surface area contributed by atoms with Gasteiger partial charge in [0.25, 0.3) is 0 Å². The molecule has 6 nitrogen and oxygen atoms in total. The van der Waals surface area contributed by atoms with E-state index in [4.69, 9.17) is 18.9 Å². The molecule has 2 aromatic rings. The first-order chi connectivity index (χ1) is 14.7. The van der Waals surface area contributed by atoms with Crippen LogP contribution in [0.25, 0.3) is 0 Å². The minimum atomic E-state index is -0.635. The Labute approximate surface area is 178 Å². The summed E-state index contributed by atoms with van der Waals surface area (Å²) in [5, 5.41) is 20.4. The second kappa shape index (κ2) is 11.6. The zero-order chi connectivity index (χ0) is 21.1. The van der Waals surface area contributed by atoms with Gasteiger partial charge in [0.2, 0.25) is 0 Å². The Kier molecular flexibility index (Phi) is 8.81. The first kappa shape index (κ1) is 22.9. The summed E-state index contributed by atoms with van der Waals surface area (Å²) < 4.78 is 23.6. The highest BCUT2D eigenvalue weighted by Crippen LogP contribution is 2.27. The summed E-state index contributed by atoms with van der Waals surface area (Å²) in [6.45, 7) is 2.64. The third-order valence-corrected chi connectivity index (χ3v) is 5.64. The predicted molar refractivity (Wildman–Crippen MR) is 114 cm³/mol. The first-order valence-corrected chi connectivity index (χ1v) is 10.4. The summed E-state index contributed by atoms with van der Waals surface area (Å²) in [6, 6.07) is 19.6. The fourth-order valence-electron chi connectivity index (χ4n) is 3.67. The van der Waals surface area contributed by atoms with E-state index in [9.17, 15) is 10.2 Å². The number of ether oxygens (including phenoxy) is 4. The zero-order valence-corrected chi connectivity index (χ0v) is 17.4. The molecule has 2 N–H and O–H groups in total. The second-order valence-corrected chi connectivity index (χ2v) is 7.82. The number of aliphatic hydroxyl groups excluding tert-OH is 2. The van der Waals surface area contributed by atoms with Crippen LogP contribution in [0.2, 0.25) is 0 Å². The van der Waals surface area contributed by atoms with Crippen molar-refractivity contribution in [2.75, 3.05) is 66.1 Å². The molecule has 0 spiro atoms. The fourth-order valence-corrected chi connectivity index (χ4v) is 3.67. The Hall–Kier alpha value is -1.80. The molecule has 6 heteroatoms. The lowest BCUT2D eigenvalue weighted by atomic mass is 9.82. The molecule has 1 heterocycles. The van der Waals surface area contributed by atoms with E-state index in [0.717, 1.165) is 11.1 Å². The number of benzene rings is 2. The molecule has 1 saturated heterocycles. The standard InChI is InChI=1S/C24H32O6/c25-15-23(21-7-3-1-4-8-21)17-27-11-13-29-19-24(16-26,20-30-14-12-28-18-23)22-9-5-2-6-10-22/h1-10,25-26H,11-20H2. The number of aliphatic hydroxyl groups is 2. The van der Waals surface area contributed by atoms with Crippen molar-refractivity contribution in [3.8, 4) is 0 Å². The second-order valence-electron chi connectivity index (χ2n) is 7.82. The Morgan fingerprint density at radius 3 is 1.10 bits per heavy atom. The van der Waals surface area contributed by atoms with Gasteiger partial charge in [0, 0.05) is 0 Å². The fraction of sp³-hybridized carbons (Fsp3) is 0.500. The third kappa shape index (κ3) is 5.66. The van der Waals surface area contributed by atoms with Crippen molar-refractivity contribution in [2.45, 2.75) is 10.8 Å². The van der Waals surface area contributed by atoms with Crippen LogP contribution in [0.4, 0.5) is 0 Å². The maximum Gasteiger partial charge on any atom is 0.0700 e. The highest BCUT2D eigenvalue weighted by Gasteiger charge is 2.34. The molecule has 30 heavy (non-hydrogen) atoms.